The van der Waals surface area contributed by atoms with E-state index in [0.717, 1.165) is 62.6 Å². The fraction of sp³-hybridized carbons (Fsp3) is 0.939. The molecule has 11 atom stereocenters. The normalized spacial score (nSPS) is 43.2. The van der Waals surface area contributed by atoms with E-state index in [1.807, 2.05) is 0 Å². The molecule has 46 heavy (non-hydrogen) atoms. The van der Waals surface area contributed by atoms with Gasteiger partial charge in [-0.3, -0.25) is 9.69 Å². The third-order valence-electron chi connectivity index (χ3n) is 12.6. The third-order valence-corrected chi connectivity index (χ3v) is 12.6. The van der Waals surface area contributed by atoms with Crippen molar-refractivity contribution in [2.24, 2.45) is 41.4 Å². The Labute approximate surface area is 268 Å². The van der Waals surface area contributed by atoms with Gasteiger partial charge in [0.15, 0.2) is 0 Å². The van der Waals surface area contributed by atoms with Gasteiger partial charge in [-0.1, -0.05) is 19.3 Å². The molecule has 3 saturated carbocycles. The number of carbonyl (C=O) groups excluding carboxylic acids is 1. The molecule has 3 saturated heterocycles. The number of hydrogen-bond acceptors (Lipinski definition) is 6. The summed E-state index contributed by atoms with van der Waals surface area (Å²) in [6.07, 6.45) is -0.626. The zero-order chi connectivity index (χ0) is 32.6. The van der Waals surface area contributed by atoms with E-state index in [9.17, 15) is 27.9 Å². The number of nitrogens with one attached hydrogen (secondary N) is 3. The number of hydrogen-bond donors (Lipinski definition) is 4. The van der Waals surface area contributed by atoms with Gasteiger partial charge in [0.2, 0.25) is 5.91 Å². The van der Waals surface area contributed by atoms with Crippen molar-refractivity contribution in [1.29, 1.82) is 0 Å². The van der Waals surface area contributed by atoms with E-state index in [4.69, 9.17) is 4.74 Å². The molecule has 3 heterocycles. The van der Waals surface area contributed by atoms with Crippen molar-refractivity contribution < 1.29 is 41.4 Å². The molecule has 262 valence electrons. The Balaban J connectivity index is 1.09. The molecular weight excluding hydrogens is 611 g/mol. The number of morpholine rings is 1. The molecule has 8 nitrogen and oxygen atoms in total. The van der Waals surface area contributed by atoms with Crippen LogP contribution < -0.4 is 16.0 Å². The molecule has 9 unspecified atom stereocenters. The quantitative estimate of drug-likeness (QED) is 0.305. The van der Waals surface area contributed by atoms with Crippen molar-refractivity contribution in [2.45, 2.75) is 113 Å². The van der Waals surface area contributed by atoms with Crippen molar-refractivity contribution in [3.63, 3.8) is 0 Å². The van der Waals surface area contributed by atoms with Gasteiger partial charge in [0.05, 0.1) is 13.2 Å². The van der Waals surface area contributed by atoms with Gasteiger partial charge in [0.25, 0.3) is 0 Å². The molecule has 0 spiro atoms. The van der Waals surface area contributed by atoms with Crippen LogP contribution in [0.1, 0.15) is 70.6 Å². The summed E-state index contributed by atoms with van der Waals surface area (Å²) in [6, 6.07) is -3.81. The van der Waals surface area contributed by atoms with Gasteiger partial charge < -0.3 is 25.8 Å². The minimum absolute atomic E-state index is 0.0282. The van der Waals surface area contributed by atoms with Crippen LogP contribution in [-0.2, 0) is 14.3 Å². The maximum absolute atomic E-state index is 15.4. The Bertz CT molecular complexity index is 1060. The predicted octanol–water partition coefficient (Wildman–Crippen LogP) is 4.08. The Morgan fingerprint density at radius 3 is 2.37 bits per heavy atom. The second kappa shape index (κ2) is 14.5. The molecule has 0 bridgehead atoms. The maximum atomic E-state index is 15.4. The van der Waals surface area contributed by atoms with E-state index in [-0.39, 0.29) is 25.5 Å². The first-order valence-corrected chi connectivity index (χ1v) is 17.7. The van der Waals surface area contributed by atoms with Crippen LogP contribution in [0.15, 0.2) is 0 Å². The lowest BCUT2D eigenvalue weighted by Crippen LogP contribution is -2.61. The van der Waals surface area contributed by atoms with Crippen LogP contribution in [0, 0.1) is 41.4 Å². The molecule has 3 aliphatic carbocycles. The van der Waals surface area contributed by atoms with E-state index in [2.05, 4.69) is 16.0 Å². The van der Waals surface area contributed by atoms with Crippen LogP contribution in [0.2, 0.25) is 0 Å². The standard InChI is InChI=1S/C33H51F5N4O4/c34-25-14-20(42-11-12-46-17-28(42)33(36,37)38)15-26(35)29(25)31(43)41-27(32(44)45)13-19-3-1-5-22-21(19)4-2-6-23(22)30-24-16-39-9-7-18(24)8-10-40-30/h18-30,39-40H,1-17H2,(H,41,43)(H,44,45)/t18?,19?,20?,21?,22?,23?,24?,25?,26?,27-,28+,29?,30?/m0/s1. The Hall–Kier alpha value is -1.57. The second-order valence-electron chi connectivity index (χ2n) is 15.0. The highest BCUT2D eigenvalue weighted by Crippen LogP contribution is 2.51. The number of fused-ring (bicyclic) bond motifs is 2. The first-order chi connectivity index (χ1) is 22.0. The molecule has 4 N–H and O–H groups in total. The van der Waals surface area contributed by atoms with E-state index in [1.165, 1.54) is 19.3 Å². The lowest BCUT2D eigenvalue weighted by molar-refractivity contribution is -0.223. The summed E-state index contributed by atoms with van der Waals surface area (Å²) in [5, 5.41) is 20.1. The minimum Gasteiger partial charge on any atom is -0.480 e. The van der Waals surface area contributed by atoms with E-state index in [0.29, 0.717) is 29.7 Å². The van der Waals surface area contributed by atoms with Crippen LogP contribution >= 0.6 is 0 Å². The van der Waals surface area contributed by atoms with Crippen LogP contribution in [-0.4, -0.2) is 104 Å². The number of nitrogens with zero attached hydrogens (tertiary/aromatic N) is 1. The third kappa shape index (κ3) is 7.22. The van der Waals surface area contributed by atoms with Crippen molar-refractivity contribution in [3.8, 4) is 0 Å². The zero-order valence-corrected chi connectivity index (χ0v) is 26.5. The number of amides is 1. The first-order valence-electron chi connectivity index (χ1n) is 17.7. The average molecular weight is 663 g/mol. The van der Waals surface area contributed by atoms with Gasteiger partial charge in [-0.2, -0.15) is 13.2 Å². The topological polar surface area (TPSA) is 103 Å². The highest BCUT2D eigenvalue weighted by molar-refractivity contribution is 5.85. The minimum atomic E-state index is -4.61. The van der Waals surface area contributed by atoms with Gasteiger partial charge in [-0.15, -0.1) is 0 Å². The van der Waals surface area contributed by atoms with Crippen LogP contribution in [0.5, 0.6) is 0 Å². The molecule has 0 aromatic heterocycles. The second-order valence-corrected chi connectivity index (χ2v) is 15.0. The number of piperidine rings is 2. The molecule has 0 aromatic carbocycles. The van der Waals surface area contributed by atoms with Crippen LogP contribution in [0.25, 0.3) is 0 Å². The molecule has 1 amide bonds. The number of carboxylic acids is 1. The summed E-state index contributed by atoms with van der Waals surface area (Å²) in [4.78, 5) is 26.8. The summed E-state index contributed by atoms with van der Waals surface area (Å²) in [5.74, 6) is -1.18. The van der Waals surface area contributed by atoms with Crippen molar-refractivity contribution >= 4 is 11.9 Å². The Morgan fingerprint density at radius 2 is 1.63 bits per heavy atom. The fourth-order valence-electron chi connectivity index (χ4n) is 10.6. The summed E-state index contributed by atoms with van der Waals surface area (Å²) >= 11 is 0. The molecule has 0 aromatic rings. The van der Waals surface area contributed by atoms with Crippen LogP contribution in [0.3, 0.4) is 0 Å². The lowest BCUT2D eigenvalue weighted by atomic mass is 9.56. The first kappa shape index (κ1) is 34.3. The lowest BCUT2D eigenvalue weighted by Gasteiger charge is -2.53. The van der Waals surface area contributed by atoms with Gasteiger partial charge in [-0.05, 0) is 107 Å². The molecule has 6 aliphatic rings. The summed E-state index contributed by atoms with van der Waals surface area (Å²) in [7, 11) is 0. The fourth-order valence-corrected chi connectivity index (χ4v) is 10.6. The molecule has 6 rings (SSSR count). The Kier molecular flexibility index (Phi) is 10.8. The maximum Gasteiger partial charge on any atom is 0.406 e. The summed E-state index contributed by atoms with van der Waals surface area (Å²) in [6.45, 7) is 2.48. The number of rotatable bonds is 7. The number of aliphatic carboxylic acids is 1. The van der Waals surface area contributed by atoms with Crippen molar-refractivity contribution in [2.75, 3.05) is 39.4 Å². The van der Waals surface area contributed by atoms with E-state index in [1.54, 1.807) is 0 Å². The average Bonchev–Trinajstić information content (AvgIpc) is 3.03. The number of carboxylic acid groups (broad SMARTS) is 1. The van der Waals surface area contributed by atoms with Gasteiger partial charge in [0.1, 0.15) is 30.3 Å². The molecular formula is C33H51F5N4O4. The molecule has 0 radical (unpaired) electrons. The summed E-state index contributed by atoms with van der Waals surface area (Å²) < 4.78 is 76.7. The van der Waals surface area contributed by atoms with Gasteiger partial charge in [0, 0.05) is 18.6 Å². The van der Waals surface area contributed by atoms with E-state index >= 15 is 8.78 Å². The number of alkyl halides is 5. The highest BCUT2D eigenvalue weighted by atomic mass is 19.4. The largest absolute Gasteiger partial charge is 0.480 e. The molecule has 13 heteroatoms. The SMILES string of the molecule is O=C(N[C@@H](CC1CCCC2C1CCCC2C1NCCC2CCNCC21)C(=O)O)C1C(F)CC(N2CCOC[C@@H]2C(F)(F)F)CC1F. The van der Waals surface area contributed by atoms with Gasteiger partial charge >= 0.3 is 12.1 Å². The number of carbonyl (C=O) groups is 2. The smallest absolute Gasteiger partial charge is 0.406 e. The van der Waals surface area contributed by atoms with Crippen LogP contribution in [0.4, 0.5) is 22.0 Å². The highest BCUT2D eigenvalue weighted by Gasteiger charge is 2.52. The number of ether oxygens (including phenoxy) is 1. The van der Waals surface area contributed by atoms with Crippen molar-refractivity contribution in [3.05, 3.63) is 0 Å². The monoisotopic (exact) mass is 662 g/mol. The predicted molar refractivity (Wildman–Crippen MR) is 160 cm³/mol. The van der Waals surface area contributed by atoms with Crippen molar-refractivity contribution in [1.82, 2.24) is 20.9 Å². The molecule has 6 fully saturated rings. The van der Waals surface area contributed by atoms with Gasteiger partial charge in [-0.25, -0.2) is 13.6 Å². The Morgan fingerprint density at radius 1 is 0.935 bits per heavy atom. The van der Waals surface area contributed by atoms with E-state index < -0.39 is 73.9 Å². The molecule has 3 aliphatic heterocycles. The summed E-state index contributed by atoms with van der Waals surface area (Å²) in [5.41, 5.74) is 0. The zero-order valence-electron chi connectivity index (χ0n) is 26.5. The number of halogens is 5.